The van der Waals surface area contributed by atoms with Crippen LogP contribution in [0.25, 0.3) is 10.9 Å². The average molecular weight is 243 g/mol. The molecule has 0 atom stereocenters. The SMILES string of the molecule is ClC(Cl)=CCOc1ccc2cn[nH]c2c1. The summed E-state index contributed by atoms with van der Waals surface area (Å²) in [4.78, 5) is 0. The molecule has 0 aliphatic rings. The third-order valence-electron chi connectivity index (χ3n) is 1.90. The second-order valence-electron chi connectivity index (χ2n) is 2.92. The normalized spacial score (nSPS) is 10.3. The maximum atomic E-state index is 5.45. The van der Waals surface area contributed by atoms with Gasteiger partial charge in [-0.3, -0.25) is 5.10 Å². The molecule has 0 fully saturated rings. The van der Waals surface area contributed by atoms with Crippen molar-refractivity contribution in [3.8, 4) is 5.75 Å². The van der Waals surface area contributed by atoms with Gasteiger partial charge in [0.2, 0.25) is 0 Å². The number of hydrogen-bond acceptors (Lipinski definition) is 2. The average Bonchev–Trinajstić information content (AvgIpc) is 2.64. The Balaban J connectivity index is 2.11. The molecule has 2 aromatic rings. The predicted molar refractivity (Wildman–Crippen MR) is 61.4 cm³/mol. The lowest BCUT2D eigenvalue weighted by atomic mass is 10.2. The van der Waals surface area contributed by atoms with Gasteiger partial charge in [0.15, 0.2) is 0 Å². The van der Waals surface area contributed by atoms with E-state index in [9.17, 15) is 0 Å². The zero-order valence-electron chi connectivity index (χ0n) is 7.71. The highest BCUT2D eigenvalue weighted by Gasteiger charge is 1.97. The molecule has 0 spiro atoms. The minimum absolute atomic E-state index is 0.206. The van der Waals surface area contributed by atoms with E-state index in [1.807, 2.05) is 18.2 Å². The Kier molecular flexibility index (Phi) is 3.14. The molecule has 15 heavy (non-hydrogen) atoms. The molecule has 0 saturated heterocycles. The fourth-order valence-corrected chi connectivity index (χ4v) is 1.33. The first-order chi connectivity index (χ1) is 7.25. The van der Waals surface area contributed by atoms with Crippen LogP contribution in [0.5, 0.6) is 5.75 Å². The molecule has 0 saturated carbocycles. The van der Waals surface area contributed by atoms with Crippen LogP contribution >= 0.6 is 23.2 Å². The Labute approximate surface area is 96.6 Å². The highest BCUT2D eigenvalue weighted by atomic mass is 35.5. The smallest absolute Gasteiger partial charge is 0.121 e. The van der Waals surface area contributed by atoms with E-state index in [-0.39, 0.29) is 4.49 Å². The summed E-state index contributed by atoms with van der Waals surface area (Å²) in [5, 5.41) is 7.83. The van der Waals surface area contributed by atoms with Crippen LogP contribution in [0.15, 0.2) is 35.0 Å². The van der Waals surface area contributed by atoms with E-state index in [0.29, 0.717) is 6.61 Å². The fourth-order valence-electron chi connectivity index (χ4n) is 1.21. The van der Waals surface area contributed by atoms with Gasteiger partial charge in [0, 0.05) is 11.5 Å². The van der Waals surface area contributed by atoms with E-state index in [1.165, 1.54) is 0 Å². The summed E-state index contributed by atoms with van der Waals surface area (Å²) < 4.78 is 5.61. The predicted octanol–water partition coefficient (Wildman–Crippen LogP) is 3.26. The first-order valence-corrected chi connectivity index (χ1v) is 5.08. The number of nitrogens with one attached hydrogen (secondary N) is 1. The molecule has 0 unspecified atom stereocenters. The van der Waals surface area contributed by atoms with Crippen LogP contribution in [0.1, 0.15) is 0 Å². The Morgan fingerprint density at radius 1 is 1.47 bits per heavy atom. The van der Waals surface area contributed by atoms with Crippen molar-refractivity contribution in [2.24, 2.45) is 0 Å². The van der Waals surface area contributed by atoms with Gasteiger partial charge in [-0.25, -0.2) is 0 Å². The van der Waals surface area contributed by atoms with Crippen molar-refractivity contribution in [3.63, 3.8) is 0 Å². The number of hydrogen-bond donors (Lipinski definition) is 1. The fraction of sp³-hybridized carbons (Fsp3) is 0.100. The molecule has 1 N–H and O–H groups in total. The van der Waals surface area contributed by atoms with Crippen LogP contribution in [0.4, 0.5) is 0 Å². The molecule has 1 heterocycles. The zero-order valence-corrected chi connectivity index (χ0v) is 9.22. The highest BCUT2D eigenvalue weighted by molar-refractivity contribution is 6.55. The second kappa shape index (κ2) is 4.55. The summed E-state index contributed by atoms with van der Waals surface area (Å²) in [5.41, 5.74) is 0.938. The van der Waals surface area contributed by atoms with Gasteiger partial charge in [0.25, 0.3) is 0 Å². The first-order valence-electron chi connectivity index (χ1n) is 4.33. The van der Waals surface area contributed by atoms with Crippen molar-refractivity contribution in [3.05, 3.63) is 35.0 Å². The van der Waals surface area contributed by atoms with Gasteiger partial charge in [-0.2, -0.15) is 5.10 Å². The number of fused-ring (bicyclic) bond motifs is 1. The van der Waals surface area contributed by atoms with E-state index < -0.39 is 0 Å². The zero-order chi connectivity index (χ0) is 10.7. The van der Waals surface area contributed by atoms with Gasteiger partial charge >= 0.3 is 0 Å². The maximum Gasteiger partial charge on any atom is 0.121 e. The standard InChI is InChI=1S/C10H8Cl2N2O/c11-10(12)3-4-15-8-2-1-7-6-13-14-9(7)5-8/h1-3,5-6H,4H2,(H,13,14). The summed E-state index contributed by atoms with van der Waals surface area (Å²) in [6.07, 6.45) is 3.34. The van der Waals surface area contributed by atoms with Gasteiger partial charge in [0.1, 0.15) is 16.8 Å². The molecular formula is C10H8Cl2N2O. The van der Waals surface area contributed by atoms with E-state index >= 15 is 0 Å². The monoisotopic (exact) mass is 242 g/mol. The van der Waals surface area contributed by atoms with Crippen LogP contribution in [0, 0.1) is 0 Å². The van der Waals surface area contributed by atoms with Crippen LogP contribution in [-0.4, -0.2) is 16.8 Å². The number of halogens is 2. The summed E-state index contributed by atoms with van der Waals surface area (Å²) in [7, 11) is 0. The number of rotatable bonds is 3. The Bertz CT molecular complexity index is 489. The van der Waals surface area contributed by atoms with E-state index in [2.05, 4.69) is 10.2 Å². The van der Waals surface area contributed by atoms with Crippen molar-refractivity contribution < 1.29 is 4.74 Å². The summed E-state index contributed by atoms with van der Waals surface area (Å²) in [6.45, 7) is 0.349. The van der Waals surface area contributed by atoms with Crippen LogP contribution in [0.2, 0.25) is 0 Å². The molecule has 0 amide bonds. The molecule has 1 aromatic heterocycles. The Hall–Kier alpha value is -1.19. The van der Waals surface area contributed by atoms with Gasteiger partial charge in [-0.05, 0) is 18.2 Å². The molecule has 2 rings (SSSR count). The summed E-state index contributed by atoms with van der Waals surface area (Å²) in [6, 6.07) is 5.67. The van der Waals surface area contributed by atoms with E-state index in [4.69, 9.17) is 27.9 Å². The molecule has 5 heteroatoms. The van der Waals surface area contributed by atoms with Crippen molar-refractivity contribution in [1.82, 2.24) is 10.2 Å². The number of H-pyrrole nitrogens is 1. The second-order valence-corrected chi connectivity index (χ2v) is 3.93. The first kappa shape index (κ1) is 10.3. The molecule has 0 bridgehead atoms. The van der Waals surface area contributed by atoms with E-state index in [1.54, 1.807) is 12.3 Å². The molecule has 0 aliphatic carbocycles. The lowest BCUT2D eigenvalue weighted by Crippen LogP contribution is -1.92. The van der Waals surface area contributed by atoms with Gasteiger partial charge in [0.05, 0.1) is 11.7 Å². The van der Waals surface area contributed by atoms with E-state index in [0.717, 1.165) is 16.7 Å². The number of aromatic amines is 1. The largest absolute Gasteiger partial charge is 0.489 e. The molecular weight excluding hydrogens is 235 g/mol. The lowest BCUT2D eigenvalue weighted by molar-refractivity contribution is 0.363. The van der Waals surface area contributed by atoms with Crippen molar-refractivity contribution in [2.75, 3.05) is 6.61 Å². The van der Waals surface area contributed by atoms with Gasteiger partial charge in [-0.1, -0.05) is 23.2 Å². The number of benzene rings is 1. The Morgan fingerprint density at radius 3 is 3.13 bits per heavy atom. The molecule has 78 valence electrons. The van der Waals surface area contributed by atoms with Crippen molar-refractivity contribution in [1.29, 1.82) is 0 Å². The summed E-state index contributed by atoms with van der Waals surface area (Å²) in [5.74, 6) is 0.748. The topological polar surface area (TPSA) is 37.9 Å². The molecule has 1 aromatic carbocycles. The minimum atomic E-state index is 0.206. The van der Waals surface area contributed by atoms with Crippen molar-refractivity contribution in [2.45, 2.75) is 0 Å². The minimum Gasteiger partial charge on any atom is -0.489 e. The Morgan fingerprint density at radius 2 is 2.33 bits per heavy atom. The van der Waals surface area contributed by atoms with Crippen molar-refractivity contribution >= 4 is 34.1 Å². The third-order valence-corrected chi connectivity index (χ3v) is 2.21. The summed E-state index contributed by atoms with van der Waals surface area (Å²) >= 11 is 10.9. The quantitative estimate of drug-likeness (QED) is 0.898. The molecule has 0 aliphatic heterocycles. The number of ether oxygens (including phenoxy) is 1. The maximum absolute atomic E-state index is 5.45. The molecule has 3 nitrogen and oxygen atoms in total. The van der Waals surface area contributed by atoms with Crippen LogP contribution in [0.3, 0.4) is 0 Å². The highest BCUT2D eigenvalue weighted by Crippen LogP contribution is 2.18. The number of nitrogens with zero attached hydrogens (tertiary/aromatic N) is 1. The lowest BCUT2D eigenvalue weighted by Gasteiger charge is -2.02. The third kappa shape index (κ3) is 2.64. The van der Waals surface area contributed by atoms with Crippen LogP contribution in [-0.2, 0) is 0 Å². The van der Waals surface area contributed by atoms with Gasteiger partial charge in [-0.15, -0.1) is 0 Å². The van der Waals surface area contributed by atoms with Gasteiger partial charge < -0.3 is 4.74 Å². The number of aromatic nitrogens is 2. The molecule has 0 radical (unpaired) electrons. The van der Waals surface area contributed by atoms with Crippen LogP contribution < -0.4 is 4.74 Å².